The Hall–Kier alpha value is -3.02. The van der Waals surface area contributed by atoms with Gasteiger partial charge < -0.3 is 14.5 Å². The van der Waals surface area contributed by atoms with Crippen molar-refractivity contribution in [3.8, 4) is 0 Å². The Balaban J connectivity index is 1.99. The molecular formula is C22H26N2O4. The van der Waals surface area contributed by atoms with Crippen molar-refractivity contribution in [2.24, 2.45) is 0 Å². The lowest BCUT2D eigenvalue weighted by molar-refractivity contribution is 0.0532. The van der Waals surface area contributed by atoms with Gasteiger partial charge in [0.25, 0.3) is 0 Å². The molecule has 3 aromatic rings. The van der Waals surface area contributed by atoms with E-state index >= 15 is 0 Å². The van der Waals surface area contributed by atoms with Crippen LogP contribution in [0.15, 0.2) is 45.6 Å². The summed E-state index contributed by atoms with van der Waals surface area (Å²) in [6, 6.07) is 11.5. The van der Waals surface area contributed by atoms with Crippen LogP contribution >= 0.6 is 0 Å². The Morgan fingerprint density at radius 2 is 1.75 bits per heavy atom. The number of aromatic nitrogens is 1. The van der Waals surface area contributed by atoms with Crippen molar-refractivity contribution in [1.29, 1.82) is 0 Å². The molecule has 0 bridgehead atoms. The molecular weight excluding hydrogens is 356 g/mol. The Morgan fingerprint density at radius 1 is 1.11 bits per heavy atom. The molecule has 0 amide bonds. The number of para-hydroxylation sites is 1. The molecule has 0 unspecified atom stereocenters. The van der Waals surface area contributed by atoms with Gasteiger partial charge in [0.15, 0.2) is 5.58 Å². The van der Waals surface area contributed by atoms with Crippen molar-refractivity contribution in [3.05, 3.63) is 58.1 Å². The summed E-state index contributed by atoms with van der Waals surface area (Å²) < 4.78 is 11.5. The number of benzene rings is 2. The minimum absolute atomic E-state index is 0.327. The third-order valence-corrected chi connectivity index (χ3v) is 4.42. The predicted molar refractivity (Wildman–Crippen MR) is 111 cm³/mol. The second-order valence-corrected chi connectivity index (χ2v) is 7.65. The maximum Gasteiger partial charge on any atom is 0.429 e. The van der Waals surface area contributed by atoms with Crippen LogP contribution in [0.4, 0.5) is 16.2 Å². The molecule has 148 valence electrons. The van der Waals surface area contributed by atoms with E-state index in [2.05, 4.69) is 37.4 Å². The van der Waals surface area contributed by atoms with Crippen molar-refractivity contribution in [2.45, 2.75) is 53.1 Å². The van der Waals surface area contributed by atoms with E-state index in [0.29, 0.717) is 11.1 Å². The van der Waals surface area contributed by atoms with E-state index < -0.39 is 17.5 Å². The number of aryl methyl sites for hydroxylation is 2. The number of ether oxygens (including phenoxy) is 1. The number of rotatable bonds is 4. The molecule has 0 aliphatic rings. The number of fused-ring (bicyclic) bond motifs is 1. The van der Waals surface area contributed by atoms with Gasteiger partial charge in [-0.2, -0.15) is 4.57 Å². The zero-order valence-electron chi connectivity index (χ0n) is 17.0. The van der Waals surface area contributed by atoms with Gasteiger partial charge in [0.05, 0.1) is 0 Å². The molecule has 1 aromatic heterocycles. The highest BCUT2D eigenvalue weighted by molar-refractivity contribution is 5.87. The highest BCUT2D eigenvalue weighted by atomic mass is 16.6. The van der Waals surface area contributed by atoms with E-state index in [0.717, 1.165) is 28.8 Å². The predicted octanol–water partition coefficient (Wildman–Crippen LogP) is 5.25. The van der Waals surface area contributed by atoms with Gasteiger partial charge >= 0.3 is 11.8 Å². The van der Waals surface area contributed by atoms with E-state index in [9.17, 15) is 9.59 Å². The molecule has 6 heteroatoms. The van der Waals surface area contributed by atoms with Crippen molar-refractivity contribution in [2.75, 3.05) is 5.32 Å². The van der Waals surface area contributed by atoms with Gasteiger partial charge in [-0.05, 0) is 56.9 Å². The van der Waals surface area contributed by atoms with Crippen LogP contribution in [0.5, 0.6) is 0 Å². The van der Waals surface area contributed by atoms with Crippen LogP contribution in [0.3, 0.4) is 0 Å². The monoisotopic (exact) mass is 382 g/mol. The number of anilines is 2. The maximum absolute atomic E-state index is 12.4. The Morgan fingerprint density at radius 3 is 2.32 bits per heavy atom. The van der Waals surface area contributed by atoms with Crippen LogP contribution < -0.4 is 11.1 Å². The molecule has 0 saturated carbocycles. The average molecular weight is 382 g/mol. The first-order valence-electron chi connectivity index (χ1n) is 9.50. The summed E-state index contributed by atoms with van der Waals surface area (Å²) in [7, 11) is 0. The molecule has 0 fully saturated rings. The van der Waals surface area contributed by atoms with E-state index in [4.69, 9.17) is 9.15 Å². The van der Waals surface area contributed by atoms with Gasteiger partial charge in [-0.15, -0.1) is 0 Å². The summed E-state index contributed by atoms with van der Waals surface area (Å²) in [5, 5.41) is 3.44. The molecule has 2 aromatic carbocycles. The molecule has 1 heterocycles. The number of nitrogens with zero attached hydrogens (tertiary/aromatic N) is 1. The normalized spacial score (nSPS) is 11.6. The lowest BCUT2D eigenvalue weighted by atomic mass is 10.0. The van der Waals surface area contributed by atoms with E-state index in [1.165, 1.54) is 11.1 Å². The summed E-state index contributed by atoms with van der Waals surface area (Å²) in [6.45, 7) is 9.47. The molecule has 28 heavy (non-hydrogen) atoms. The Labute approximate surface area is 164 Å². The van der Waals surface area contributed by atoms with Crippen LogP contribution in [0.2, 0.25) is 0 Å². The number of carbonyl (C=O) groups excluding carboxylic acids is 1. The van der Waals surface area contributed by atoms with Gasteiger partial charge in [-0.1, -0.05) is 32.0 Å². The molecule has 0 radical (unpaired) electrons. The minimum Gasteiger partial charge on any atom is -0.443 e. The first-order chi connectivity index (χ1) is 13.2. The number of hydrogen-bond donors (Lipinski definition) is 1. The number of hydrogen-bond acceptors (Lipinski definition) is 5. The molecule has 0 saturated heterocycles. The largest absolute Gasteiger partial charge is 0.443 e. The van der Waals surface area contributed by atoms with Crippen LogP contribution in [-0.2, 0) is 17.6 Å². The topological polar surface area (TPSA) is 73.5 Å². The molecule has 0 aliphatic heterocycles. The van der Waals surface area contributed by atoms with Crippen molar-refractivity contribution in [1.82, 2.24) is 4.57 Å². The first kappa shape index (κ1) is 19.7. The standard InChI is InChI=1S/C22H26N2O4/c1-6-14-9-8-10-15(7-2)19(14)23-16-11-12-17-18(13-16)27-20(25)24(17)21(26)28-22(3,4)5/h8-13,23H,6-7H2,1-5H3. The summed E-state index contributed by atoms with van der Waals surface area (Å²) in [6.07, 6.45) is 1.06. The van der Waals surface area contributed by atoms with Crippen LogP contribution in [0.25, 0.3) is 11.1 Å². The smallest absolute Gasteiger partial charge is 0.429 e. The number of oxazole rings is 1. The zero-order chi connectivity index (χ0) is 20.5. The van der Waals surface area contributed by atoms with Crippen LogP contribution in [0, 0.1) is 0 Å². The zero-order valence-corrected chi connectivity index (χ0v) is 17.0. The Bertz CT molecular complexity index is 1050. The lowest BCUT2D eigenvalue weighted by Crippen LogP contribution is -2.31. The van der Waals surface area contributed by atoms with Crippen LogP contribution in [0.1, 0.15) is 45.7 Å². The molecule has 0 spiro atoms. The fourth-order valence-corrected chi connectivity index (χ4v) is 3.12. The van der Waals surface area contributed by atoms with Gasteiger partial charge in [-0.25, -0.2) is 9.59 Å². The summed E-state index contributed by atoms with van der Waals surface area (Å²) >= 11 is 0. The number of carbonyl (C=O) groups is 1. The van der Waals surface area contributed by atoms with Gasteiger partial charge in [-0.3, -0.25) is 0 Å². The van der Waals surface area contributed by atoms with Crippen molar-refractivity contribution in [3.63, 3.8) is 0 Å². The first-order valence-corrected chi connectivity index (χ1v) is 9.50. The van der Waals surface area contributed by atoms with E-state index in [1.54, 1.807) is 32.9 Å². The molecule has 0 aliphatic carbocycles. The lowest BCUT2D eigenvalue weighted by Gasteiger charge is -2.19. The highest BCUT2D eigenvalue weighted by Crippen LogP contribution is 2.28. The second kappa shape index (κ2) is 7.54. The van der Waals surface area contributed by atoms with Gasteiger partial charge in [0, 0.05) is 17.4 Å². The summed E-state index contributed by atoms with van der Waals surface area (Å²) in [5.74, 6) is -0.760. The quantitative estimate of drug-likeness (QED) is 0.667. The average Bonchev–Trinajstić information content (AvgIpc) is 2.95. The molecule has 3 rings (SSSR count). The minimum atomic E-state index is -0.760. The summed E-state index contributed by atoms with van der Waals surface area (Å²) in [4.78, 5) is 24.6. The fourth-order valence-electron chi connectivity index (χ4n) is 3.12. The third-order valence-electron chi connectivity index (χ3n) is 4.42. The maximum atomic E-state index is 12.4. The SMILES string of the molecule is CCc1cccc(CC)c1Nc1ccc2c(c1)oc(=O)n2C(=O)OC(C)(C)C. The fraction of sp³-hybridized carbons (Fsp3) is 0.364. The second-order valence-electron chi connectivity index (χ2n) is 7.65. The molecule has 6 nitrogen and oxygen atoms in total. The third kappa shape index (κ3) is 3.96. The van der Waals surface area contributed by atoms with E-state index in [1.807, 2.05) is 6.07 Å². The van der Waals surface area contributed by atoms with Crippen molar-refractivity contribution < 1.29 is 13.9 Å². The molecule has 0 atom stereocenters. The molecule has 1 N–H and O–H groups in total. The van der Waals surface area contributed by atoms with E-state index in [-0.39, 0.29) is 0 Å². The summed E-state index contributed by atoms with van der Waals surface area (Å²) in [5.41, 5.74) is 4.28. The van der Waals surface area contributed by atoms with Crippen LogP contribution in [-0.4, -0.2) is 16.3 Å². The Kier molecular flexibility index (Phi) is 5.31. The number of nitrogens with one attached hydrogen (secondary N) is 1. The van der Waals surface area contributed by atoms with Gasteiger partial charge in [0.2, 0.25) is 0 Å². The van der Waals surface area contributed by atoms with Crippen molar-refractivity contribution >= 4 is 28.6 Å². The van der Waals surface area contributed by atoms with Gasteiger partial charge in [0.1, 0.15) is 11.1 Å². The highest BCUT2D eigenvalue weighted by Gasteiger charge is 2.23.